The van der Waals surface area contributed by atoms with Crippen LogP contribution in [0.25, 0.3) is 10.2 Å². The van der Waals surface area contributed by atoms with Crippen molar-refractivity contribution in [1.29, 1.82) is 0 Å². The molecule has 1 fully saturated rings. The van der Waals surface area contributed by atoms with Crippen molar-refractivity contribution < 1.29 is 17.6 Å². The molecule has 2 heterocycles. The molecule has 0 saturated carbocycles. The number of aromatic nitrogens is 1. The fourth-order valence-corrected chi connectivity index (χ4v) is 6.15. The van der Waals surface area contributed by atoms with Crippen LogP contribution in [-0.4, -0.2) is 30.8 Å². The minimum absolute atomic E-state index is 0.0419. The summed E-state index contributed by atoms with van der Waals surface area (Å²) < 4.78 is 41.6. The summed E-state index contributed by atoms with van der Waals surface area (Å²) in [5, 5.41) is 0.936. The van der Waals surface area contributed by atoms with Crippen LogP contribution in [0.4, 0.5) is 10.1 Å². The highest BCUT2D eigenvalue weighted by molar-refractivity contribution is 7.92. The van der Waals surface area contributed by atoms with Gasteiger partial charge in [0, 0.05) is 17.8 Å². The smallest absolute Gasteiger partial charge is 0.261 e. The normalized spacial score (nSPS) is 16.3. The van der Waals surface area contributed by atoms with Gasteiger partial charge in [-0.25, -0.2) is 17.8 Å². The van der Waals surface area contributed by atoms with Gasteiger partial charge in [-0.2, -0.15) is 0 Å². The number of carbonyl (C=O) groups excluding carboxylic acids is 1. The molecular formula is C24H20FN3O3S2. The van der Waals surface area contributed by atoms with Gasteiger partial charge < -0.3 is 4.90 Å². The highest BCUT2D eigenvalue weighted by Crippen LogP contribution is 2.37. The lowest BCUT2D eigenvalue weighted by molar-refractivity contribution is 0.0735. The number of nitrogens with zero attached hydrogens (tertiary/aromatic N) is 2. The Morgan fingerprint density at radius 1 is 1.03 bits per heavy atom. The van der Waals surface area contributed by atoms with Crippen LogP contribution in [-0.2, 0) is 10.0 Å². The van der Waals surface area contributed by atoms with Crippen LogP contribution in [0.2, 0.25) is 0 Å². The highest BCUT2D eigenvalue weighted by atomic mass is 32.2. The van der Waals surface area contributed by atoms with E-state index in [1.54, 1.807) is 35.6 Å². The number of hydrogen-bond donors (Lipinski definition) is 1. The average molecular weight is 482 g/mol. The summed E-state index contributed by atoms with van der Waals surface area (Å²) in [6.45, 7) is 0.651. The van der Waals surface area contributed by atoms with Crippen molar-refractivity contribution in [2.45, 2.75) is 23.8 Å². The summed E-state index contributed by atoms with van der Waals surface area (Å²) in [5.41, 5.74) is 1.74. The molecule has 33 heavy (non-hydrogen) atoms. The Balaban J connectivity index is 1.33. The number of carbonyl (C=O) groups is 1. The van der Waals surface area contributed by atoms with Gasteiger partial charge in [0.15, 0.2) is 0 Å². The lowest BCUT2D eigenvalue weighted by Crippen LogP contribution is -2.30. The van der Waals surface area contributed by atoms with E-state index in [1.165, 1.54) is 12.1 Å². The molecule has 3 aromatic carbocycles. The summed E-state index contributed by atoms with van der Waals surface area (Å²) in [6.07, 6.45) is 1.77. The van der Waals surface area contributed by atoms with E-state index >= 15 is 0 Å². The topological polar surface area (TPSA) is 79.4 Å². The van der Waals surface area contributed by atoms with E-state index in [9.17, 15) is 17.6 Å². The van der Waals surface area contributed by atoms with Crippen LogP contribution in [0.5, 0.6) is 0 Å². The van der Waals surface area contributed by atoms with Gasteiger partial charge in [0.2, 0.25) is 0 Å². The summed E-state index contributed by atoms with van der Waals surface area (Å²) in [5.74, 6) is -0.618. The van der Waals surface area contributed by atoms with Crippen molar-refractivity contribution in [3.63, 3.8) is 0 Å². The lowest BCUT2D eigenvalue weighted by Gasteiger charge is -2.23. The van der Waals surface area contributed by atoms with Crippen LogP contribution in [0.1, 0.15) is 34.2 Å². The Kier molecular flexibility index (Phi) is 5.59. The monoisotopic (exact) mass is 481 g/mol. The molecule has 1 aliphatic heterocycles. The minimum Gasteiger partial charge on any atom is -0.329 e. The fraction of sp³-hybridized carbons (Fsp3) is 0.167. The van der Waals surface area contributed by atoms with Gasteiger partial charge in [-0.15, -0.1) is 11.3 Å². The number of anilines is 1. The van der Waals surface area contributed by atoms with Crippen molar-refractivity contribution in [3.05, 3.63) is 89.2 Å². The van der Waals surface area contributed by atoms with E-state index in [0.29, 0.717) is 17.8 Å². The molecule has 1 saturated heterocycles. The molecule has 0 aliphatic carbocycles. The molecule has 0 bridgehead atoms. The zero-order valence-electron chi connectivity index (χ0n) is 17.4. The molecular weight excluding hydrogens is 461 g/mol. The number of para-hydroxylation sites is 1. The standard InChI is InChI=1S/C24H20FN3O3S2/c25-17-9-13-19(14-10-17)33(30,31)27-18-11-7-16(8-12-18)24(29)28-15-3-5-21(28)23-26-20-4-1-2-6-22(20)32-23/h1-2,4,6-14,21,27H,3,5,15H2. The fourth-order valence-electron chi connectivity index (χ4n) is 3.97. The molecule has 9 heteroatoms. The molecule has 1 amide bonds. The number of thiazole rings is 1. The number of sulfonamides is 1. The van der Waals surface area contributed by atoms with Crippen LogP contribution >= 0.6 is 11.3 Å². The first-order valence-corrected chi connectivity index (χ1v) is 12.8. The summed E-state index contributed by atoms with van der Waals surface area (Å²) in [7, 11) is -3.86. The predicted octanol–water partition coefficient (Wildman–Crippen LogP) is 5.21. The molecule has 4 aromatic rings. The molecule has 1 atom stereocenters. The molecule has 168 valence electrons. The van der Waals surface area contributed by atoms with Crippen LogP contribution in [0, 0.1) is 5.82 Å². The van der Waals surface area contributed by atoms with Gasteiger partial charge >= 0.3 is 0 Å². The molecule has 5 rings (SSSR count). The molecule has 1 aromatic heterocycles. The summed E-state index contributed by atoms with van der Waals surface area (Å²) in [6, 6.07) is 18.8. The average Bonchev–Trinajstić information content (AvgIpc) is 3.46. The van der Waals surface area contributed by atoms with Gasteiger partial charge in [0.05, 0.1) is 21.2 Å². The number of likely N-dealkylation sites (tertiary alicyclic amines) is 1. The largest absolute Gasteiger partial charge is 0.329 e. The van der Waals surface area contributed by atoms with Crippen LogP contribution < -0.4 is 4.72 Å². The highest BCUT2D eigenvalue weighted by Gasteiger charge is 2.32. The quantitative estimate of drug-likeness (QED) is 0.424. The number of rotatable bonds is 5. The zero-order valence-corrected chi connectivity index (χ0v) is 19.1. The first kappa shape index (κ1) is 21.5. The Morgan fingerprint density at radius 3 is 2.48 bits per heavy atom. The first-order valence-electron chi connectivity index (χ1n) is 10.5. The third-order valence-corrected chi connectivity index (χ3v) is 8.15. The second kappa shape index (κ2) is 8.57. The molecule has 1 aliphatic rings. The molecule has 0 spiro atoms. The zero-order chi connectivity index (χ0) is 23.0. The van der Waals surface area contributed by atoms with Gasteiger partial charge in [-0.05, 0) is 73.5 Å². The number of benzene rings is 3. The number of amides is 1. The van der Waals surface area contributed by atoms with Gasteiger partial charge in [-0.1, -0.05) is 12.1 Å². The number of fused-ring (bicyclic) bond motifs is 1. The number of hydrogen-bond acceptors (Lipinski definition) is 5. The van der Waals surface area contributed by atoms with Crippen molar-refractivity contribution in [3.8, 4) is 0 Å². The third-order valence-electron chi connectivity index (χ3n) is 5.62. The van der Waals surface area contributed by atoms with E-state index in [1.807, 2.05) is 29.2 Å². The van der Waals surface area contributed by atoms with Crippen molar-refractivity contribution in [2.75, 3.05) is 11.3 Å². The molecule has 0 radical (unpaired) electrons. The Hall–Kier alpha value is -3.30. The predicted molar refractivity (Wildman–Crippen MR) is 126 cm³/mol. The Morgan fingerprint density at radius 2 is 1.76 bits per heavy atom. The van der Waals surface area contributed by atoms with E-state index < -0.39 is 15.8 Å². The second-order valence-electron chi connectivity index (χ2n) is 7.81. The maximum atomic E-state index is 13.2. The first-order chi connectivity index (χ1) is 15.9. The molecule has 6 nitrogen and oxygen atoms in total. The van der Waals surface area contributed by atoms with Gasteiger partial charge in [0.25, 0.3) is 15.9 Å². The SMILES string of the molecule is O=C(c1ccc(NS(=O)(=O)c2ccc(F)cc2)cc1)N1CCCC1c1nc2ccccc2s1. The van der Waals surface area contributed by atoms with Crippen LogP contribution in [0.3, 0.4) is 0 Å². The second-order valence-corrected chi connectivity index (χ2v) is 10.6. The maximum Gasteiger partial charge on any atom is 0.261 e. The molecule has 1 N–H and O–H groups in total. The Labute approximate surface area is 194 Å². The number of nitrogens with one attached hydrogen (secondary N) is 1. The number of halogens is 1. The van der Waals surface area contributed by atoms with Crippen LogP contribution in [0.15, 0.2) is 77.7 Å². The third kappa shape index (κ3) is 4.34. The van der Waals surface area contributed by atoms with Crippen molar-refractivity contribution in [2.24, 2.45) is 0 Å². The minimum atomic E-state index is -3.86. The van der Waals surface area contributed by atoms with E-state index in [0.717, 1.165) is 40.2 Å². The summed E-state index contributed by atoms with van der Waals surface area (Å²) in [4.78, 5) is 19.8. The van der Waals surface area contributed by atoms with Gasteiger partial charge in [-0.3, -0.25) is 9.52 Å². The van der Waals surface area contributed by atoms with E-state index in [-0.39, 0.29) is 16.8 Å². The van der Waals surface area contributed by atoms with E-state index in [4.69, 9.17) is 4.98 Å². The van der Waals surface area contributed by atoms with E-state index in [2.05, 4.69) is 4.72 Å². The van der Waals surface area contributed by atoms with Crippen molar-refractivity contribution in [1.82, 2.24) is 9.88 Å². The van der Waals surface area contributed by atoms with Crippen molar-refractivity contribution >= 4 is 43.2 Å². The van der Waals surface area contributed by atoms with Gasteiger partial charge in [0.1, 0.15) is 10.8 Å². The lowest BCUT2D eigenvalue weighted by atomic mass is 10.1. The molecule has 1 unspecified atom stereocenters. The Bertz CT molecular complexity index is 1380. The maximum absolute atomic E-state index is 13.2. The summed E-state index contributed by atoms with van der Waals surface area (Å²) >= 11 is 1.61.